The summed E-state index contributed by atoms with van der Waals surface area (Å²) in [7, 11) is 0. The number of aromatic nitrogens is 3. The second kappa shape index (κ2) is 5.87. The number of imidazole rings is 1. The first kappa shape index (κ1) is 14.1. The van der Waals surface area contributed by atoms with Gasteiger partial charge in [-0.15, -0.1) is 11.3 Å². The van der Waals surface area contributed by atoms with Crippen LogP contribution in [0.5, 0.6) is 0 Å². The van der Waals surface area contributed by atoms with Gasteiger partial charge in [0.25, 0.3) is 0 Å². The average molecular weight is 319 g/mol. The molecule has 1 atom stereocenters. The molecule has 0 amide bonds. The second-order valence-corrected chi connectivity index (χ2v) is 6.50. The topological polar surface area (TPSA) is 42.7 Å². The summed E-state index contributed by atoms with van der Waals surface area (Å²) < 4.78 is 2.76. The monoisotopic (exact) mass is 318 g/mol. The fourth-order valence-electron chi connectivity index (χ4n) is 2.12. The number of pyridine rings is 1. The Balaban J connectivity index is 1.74. The molecular weight excluding hydrogens is 304 g/mol. The van der Waals surface area contributed by atoms with Gasteiger partial charge in [0.2, 0.25) is 0 Å². The third-order valence-corrected chi connectivity index (χ3v) is 4.64. The molecule has 0 aliphatic heterocycles. The van der Waals surface area contributed by atoms with Crippen LogP contribution in [0.2, 0.25) is 4.34 Å². The molecule has 3 heterocycles. The van der Waals surface area contributed by atoms with Gasteiger partial charge >= 0.3 is 0 Å². The predicted molar refractivity (Wildman–Crippen MR) is 87.5 cm³/mol. The highest BCUT2D eigenvalue weighted by atomic mass is 35.5. The van der Waals surface area contributed by atoms with Gasteiger partial charge in [-0.05, 0) is 38.1 Å². The van der Waals surface area contributed by atoms with E-state index in [4.69, 9.17) is 11.6 Å². The highest BCUT2D eigenvalue weighted by molar-refractivity contribution is 7.16. The maximum Gasteiger partial charge on any atom is 0.138 e. The zero-order chi connectivity index (χ0) is 14.8. The van der Waals surface area contributed by atoms with Crippen molar-refractivity contribution in [2.24, 2.45) is 0 Å². The summed E-state index contributed by atoms with van der Waals surface area (Å²) in [5.41, 5.74) is 0.980. The van der Waals surface area contributed by atoms with Crippen LogP contribution in [-0.4, -0.2) is 14.5 Å². The van der Waals surface area contributed by atoms with Crippen LogP contribution < -0.4 is 5.32 Å². The van der Waals surface area contributed by atoms with E-state index >= 15 is 0 Å². The lowest BCUT2D eigenvalue weighted by Gasteiger charge is -2.14. The van der Waals surface area contributed by atoms with E-state index in [9.17, 15) is 0 Å². The van der Waals surface area contributed by atoms with Gasteiger partial charge in [-0.25, -0.2) is 9.97 Å². The molecule has 0 bridgehead atoms. The van der Waals surface area contributed by atoms with Crippen molar-refractivity contribution in [2.45, 2.75) is 19.9 Å². The molecule has 0 aromatic carbocycles. The van der Waals surface area contributed by atoms with E-state index in [1.165, 1.54) is 4.88 Å². The SMILES string of the molecule is Cc1nccn1-c1ccc(NC(C)c2ccc(Cl)s2)cn1. The summed E-state index contributed by atoms with van der Waals surface area (Å²) in [5, 5.41) is 3.42. The number of nitrogens with zero attached hydrogens (tertiary/aromatic N) is 3. The number of anilines is 1. The van der Waals surface area contributed by atoms with Crippen LogP contribution in [0, 0.1) is 6.92 Å². The summed E-state index contributed by atoms with van der Waals surface area (Å²) in [6.07, 6.45) is 5.51. The minimum atomic E-state index is 0.199. The van der Waals surface area contributed by atoms with Crippen LogP contribution in [0.25, 0.3) is 5.82 Å². The highest BCUT2D eigenvalue weighted by Gasteiger charge is 2.09. The van der Waals surface area contributed by atoms with Gasteiger partial charge < -0.3 is 5.32 Å². The molecule has 0 radical (unpaired) electrons. The van der Waals surface area contributed by atoms with Crippen molar-refractivity contribution in [3.63, 3.8) is 0 Å². The molecule has 108 valence electrons. The molecule has 21 heavy (non-hydrogen) atoms. The van der Waals surface area contributed by atoms with E-state index in [0.29, 0.717) is 0 Å². The quantitative estimate of drug-likeness (QED) is 0.772. The van der Waals surface area contributed by atoms with Crippen molar-refractivity contribution in [1.29, 1.82) is 0 Å². The van der Waals surface area contributed by atoms with Crippen molar-refractivity contribution >= 4 is 28.6 Å². The third kappa shape index (κ3) is 3.09. The number of hydrogen-bond donors (Lipinski definition) is 1. The number of thiophene rings is 1. The lowest BCUT2D eigenvalue weighted by Crippen LogP contribution is -2.06. The van der Waals surface area contributed by atoms with Crippen LogP contribution >= 0.6 is 22.9 Å². The largest absolute Gasteiger partial charge is 0.376 e. The van der Waals surface area contributed by atoms with E-state index in [-0.39, 0.29) is 6.04 Å². The number of hydrogen-bond acceptors (Lipinski definition) is 4. The lowest BCUT2D eigenvalue weighted by molar-refractivity contribution is 0.898. The number of aryl methyl sites for hydroxylation is 1. The van der Waals surface area contributed by atoms with Crippen molar-refractivity contribution in [1.82, 2.24) is 14.5 Å². The van der Waals surface area contributed by atoms with E-state index in [2.05, 4.69) is 22.2 Å². The fraction of sp³-hybridized carbons (Fsp3) is 0.200. The molecule has 0 aliphatic carbocycles. The first-order valence-electron chi connectivity index (χ1n) is 6.61. The molecule has 6 heteroatoms. The summed E-state index contributed by atoms with van der Waals surface area (Å²) in [4.78, 5) is 9.88. The molecule has 0 spiro atoms. The Kier molecular flexibility index (Phi) is 3.94. The Morgan fingerprint density at radius 3 is 2.67 bits per heavy atom. The summed E-state index contributed by atoms with van der Waals surface area (Å²) in [5.74, 6) is 1.78. The Labute approximate surface area is 132 Å². The summed E-state index contributed by atoms with van der Waals surface area (Å²) in [6, 6.07) is 8.16. The van der Waals surface area contributed by atoms with Crippen molar-refractivity contribution in [2.75, 3.05) is 5.32 Å². The maximum atomic E-state index is 5.97. The van der Waals surface area contributed by atoms with Crippen LogP contribution in [-0.2, 0) is 0 Å². The third-order valence-electron chi connectivity index (χ3n) is 3.22. The number of rotatable bonds is 4. The van der Waals surface area contributed by atoms with Gasteiger partial charge in [0.15, 0.2) is 0 Å². The molecule has 3 aromatic rings. The van der Waals surface area contributed by atoms with Gasteiger partial charge in [-0.3, -0.25) is 4.57 Å². The van der Waals surface area contributed by atoms with Crippen LogP contribution in [0.1, 0.15) is 23.7 Å². The smallest absolute Gasteiger partial charge is 0.138 e. The second-order valence-electron chi connectivity index (χ2n) is 4.76. The van der Waals surface area contributed by atoms with Gasteiger partial charge in [0.05, 0.1) is 22.3 Å². The highest BCUT2D eigenvalue weighted by Crippen LogP contribution is 2.28. The molecule has 4 nitrogen and oxygen atoms in total. The molecule has 3 rings (SSSR count). The van der Waals surface area contributed by atoms with Crippen molar-refractivity contribution < 1.29 is 0 Å². The van der Waals surface area contributed by atoms with Gasteiger partial charge in [-0.1, -0.05) is 11.6 Å². The standard InChI is InChI=1S/C15H15ClN4S/c1-10(13-4-5-14(16)21-13)19-12-3-6-15(18-9-12)20-8-7-17-11(20)2/h3-10,19H,1-2H3. The van der Waals surface area contributed by atoms with Crippen molar-refractivity contribution in [3.8, 4) is 5.82 Å². The number of halogens is 1. The van der Waals surface area contributed by atoms with E-state index < -0.39 is 0 Å². The summed E-state index contributed by atoms with van der Waals surface area (Å²) >= 11 is 7.56. The summed E-state index contributed by atoms with van der Waals surface area (Å²) in [6.45, 7) is 4.06. The fourth-order valence-corrected chi connectivity index (χ4v) is 3.18. The first-order valence-corrected chi connectivity index (χ1v) is 7.81. The minimum Gasteiger partial charge on any atom is -0.376 e. The zero-order valence-corrected chi connectivity index (χ0v) is 13.3. The molecule has 1 N–H and O–H groups in total. The Hall–Kier alpha value is -1.85. The van der Waals surface area contributed by atoms with E-state index in [1.807, 2.05) is 48.1 Å². The average Bonchev–Trinajstić information content (AvgIpc) is 3.08. The van der Waals surface area contributed by atoms with Gasteiger partial charge in [0, 0.05) is 17.3 Å². The van der Waals surface area contributed by atoms with E-state index in [1.54, 1.807) is 17.5 Å². The van der Waals surface area contributed by atoms with Crippen LogP contribution in [0.15, 0.2) is 42.9 Å². The Bertz CT molecular complexity index is 732. The number of nitrogens with one attached hydrogen (secondary N) is 1. The molecule has 3 aromatic heterocycles. The van der Waals surface area contributed by atoms with Gasteiger partial charge in [0.1, 0.15) is 11.6 Å². The zero-order valence-electron chi connectivity index (χ0n) is 11.7. The lowest BCUT2D eigenvalue weighted by atomic mass is 10.2. The molecule has 0 fully saturated rings. The predicted octanol–water partition coefficient (Wildman–Crippen LogP) is 4.46. The first-order chi connectivity index (χ1) is 10.1. The van der Waals surface area contributed by atoms with E-state index in [0.717, 1.165) is 21.7 Å². The Morgan fingerprint density at radius 2 is 2.10 bits per heavy atom. The van der Waals surface area contributed by atoms with Crippen LogP contribution in [0.3, 0.4) is 0 Å². The molecule has 1 unspecified atom stereocenters. The Morgan fingerprint density at radius 1 is 1.24 bits per heavy atom. The molecule has 0 saturated heterocycles. The van der Waals surface area contributed by atoms with Gasteiger partial charge in [-0.2, -0.15) is 0 Å². The minimum absolute atomic E-state index is 0.199. The normalized spacial score (nSPS) is 12.3. The van der Waals surface area contributed by atoms with Crippen molar-refractivity contribution in [3.05, 3.63) is 57.9 Å². The molecular formula is C15H15ClN4S. The maximum absolute atomic E-state index is 5.97. The molecule has 0 aliphatic rings. The van der Waals surface area contributed by atoms with Crippen LogP contribution in [0.4, 0.5) is 5.69 Å². The molecule has 0 saturated carbocycles.